The fourth-order valence-corrected chi connectivity index (χ4v) is 2.23. The van der Waals surface area contributed by atoms with Crippen LogP contribution >= 0.6 is 0 Å². The zero-order valence-corrected chi connectivity index (χ0v) is 11.0. The molecule has 1 aromatic carbocycles. The Morgan fingerprint density at radius 2 is 1.84 bits per heavy atom. The molecule has 0 radical (unpaired) electrons. The van der Waals surface area contributed by atoms with Crippen LogP contribution in [0.1, 0.15) is 5.56 Å². The first-order valence-electron chi connectivity index (χ1n) is 6.47. The maximum Gasteiger partial charge on any atom is 0.101 e. The molecule has 1 aromatic rings. The molecule has 4 nitrogen and oxygen atoms in total. The number of anilines is 1. The van der Waals surface area contributed by atoms with Gasteiger partial charge in [-0.2, -0.15) is 5.26 Å². The van der Waals surface area contributed by atoms with Crippen LogP contribution in [-0.4, -0.2) is 44.2 Å². The van der Waals surface area contributed by atoms with Gasteiger partial charge in [0.05, 0.1) is 24.3 Å². The van der Waals surface area contributed by atoms with E-state index in [2.05, 4.69) is 27.7 Å². The molecule has 1 aliphatic rings. The highest BCUT2D eigenvalue weighted by Gasteiger charge is 2.18. The Hall–Kier alpha value is -2.01. The van der Waals surface area contributed by atoms with Crippen LogP contribution in [0, 0.1) is 23.2 Å². The van der Waals surface area contributed by atoms with Crippen molar-refractivity contribution in [1.82, 2.24) is 4.90 Å². The van der Waals surface area contributed by atoms with Crippen LogP contribution in [-0.2, 0) is 0 Å². The Labute approximate surface area is 114 Å². The molecule has 2 rings (SSSR count). The lowest BCUT2D eigenvalue weighted by Gasteiger charge is -2.35. The number of hydrogen-bond acceptors (Lipinski definition) is 4. The standard InChI is InChI=1S/C15H18N4/c16-7-3-4-8-18-9-11-19(12-10-18)15-6-2-1-5-14(15)13-17/h1-2,5-6H,7-12,16H2. The fraction of sp³-hybridized carbons (Fsp3) is 0.400. The van der Waals surface area contributed by atoms with Crippen molar-refractivity contribution in [2.75, 3.05) is 44.2 Å². The molecule has 1 fully saturated rings. The number of piperazine rings is 1. The van der Waals surface area contributed by atoms with Gasteiger partial charge in [0, 0.05) is 26.2 Å². The van der Waals surface area contributed by atoms with E-state index in [9.17, 15) is 0 Å². The molecule has 0 spiro atoms. The molecule has 98 valence electrons. The van der Waals surface area contributed by atoms with E-state index in [1.54, 1.807) is 0 Å². The number of rotatable bonds is 2. The van der Waals surface area contributed by atoms with Crippen LogP contribution < -0.4 is 10.6 Å². The van der Waals surface area contributed by atoms with Crippen LogP contribution in [0.3, 0.4) is 0 Å². The highest BCUT2D eigenvalue weighted by Crippen LogP contribution is 2.20. The fourth-order valence-electron chi connectivity index (χ4n) is 2.23. The van der Waals surface area contributed by atoms with Crippen molar-refractivity contribution < 1.29 is 0 Å². The topological polar surface area (TPSA) is 56.3 Å². The molecule has 0 aliphatic carbocycles. The molecule has 1 aliphatic heterocycles. The van der Waals surface area contributed by atoms with E-state index in [4.69, 9.17) is 11.0 Å². The van der Waals surface area contributed by atoms with Crippen molar-refractivity contribution in [3.63, 3.8) is 0 Å². The van der Waals surface area contributed by atoms with Gasteiger partial charge in [-0.1, -0.05) is 24.0 Å². The molecule has 0 bridgehead atoms. The van der Waals surface area contributed by atoms with Gasteiger partial charge in [0.2, 0.25) is 0 Å². The summed E-state index contributed by atoms with van der Waals surface area (Å²) in [5.74, 6) is 5.95. The highest BCUT2D eigenvalue weighted by atomic mass is 15.3. The van der Waals surface area contributed by atoms with E-state index in [1.165, 1.54) is 0 Å². The predicted octanol–water partition coefficient (Wildman–Crippen LogP) is 0.642. The maximum atomic E-state index is 9.13. The molecule has 0 aromatic heterocycles. The Morgan fingerprint density at radius 1 is 1.11 bits per heavy atom. The van der Waals surface area contributed by atoms with Gasteiger partial charge in [0.25, 0.3) is 0 Å². The van der Waals surface area contributed by atoms with Crippen LogP contribution in [0.4, 0.5) is 5.69 Å². The average Bonchev–Trinajstić information content (AvgIpc) is 2.48. The van der Waals surface area contributed by atoms with Crippen LogP contribution in [0.15, 0.2) is 24.3 Å². The first kappa shape index (κ1) is 13.4. The summed E-state index contributed by atoms with van der Waals surface area (Å²) in [6, 6.07) is 10.0. The third-order valence-electron chi connectivity index (χ3n) is 3.27. The number of benzene rings is 1. The first-order chi connectivity index (χ1) is 9.35. The number of nitriles is 1. The van der Waals surface area contributed by atoms with Gasteiger partial charge >= 0.3 is 0 Å². The zero-order valence-electron chi connectivity index (χ0n) is 11.0. The minimum atomic E-state index is 0.426. The molecule has 19 heavy (non-hydrogen) atoms. The molecule has 0 unspecified atom stereocenters. The van der Waals surface area contributed by atoms with Crippen molar-refractivity contribution in [2.24, 2.45) is 5.73 Å². The van der Waals surface area contributed by atoms with Gasteiger partial charge in [-0.25, -0.2) is 0 Å². The smallest absolute Gasteiger partial charge is 0.101 e. The monoisotopic (exact) mass is 254 g/mol. The summed E-state index contributed by atoms with van der Waals surface area (Å²) in [6.07, 6.45) is 0. The van der Waals surface area contributed by atoms with Gasteiger partial charge in [-0.15, -0.1) is 0 Å². The second-order valence-corrected chi connectivity index (χ2v) is 4.45. The normalized spacial score (nSPS) is 15.5. The molecule has 1 heterocycles. The number of nitrogens with zero attached hydrogens (tertiary/aromatic N) is 3. The van der Waals surface area contributed by atoms with E-state index in [-0.39, 0.29) is 0 Å². The first-order valence-corrected chi connectivity index (χ1v) is 6.47. The molecular weight excluding hydrogens is 236 g/mol. The Balaban J connectivity index is 1.95. The Bertz CT molecular complexity index is 513. The molecule has 0 amide bonds. The zero-order chi connectivity index (χ0) is 13.5. The lowest BCUT2D eigenvalue weighted by atomic mass is 10.1. The number of para-hydroxylation sites is 1. The van der Waals surface area contributed by atoms with Crippen molar-refractivity contribution in [3.05, 3.63) is 29.8 Å². The van der Waals surface area contributed by atoms with Crippen molar-refractivity contribution in [3.8, 4) is 17.9 Å². The van der Waals surface area contributed by atoms with Crippen molar-refractivity contribution >= 4 is 5.69 Å². The third-order valence-corrected chi connectivity index (χ3v) is 3.27. The van der Waals surface area contributed by atoms with E-state index < -0.39 is 0 Å². The average molecular weight is 254 g/mol. The van der Waals surface area contributed by atoms with Crippen LogP contribution in [0.5, 0.6) is 0 Å². The third kappa shape index (κ3) is 3.48. The van der Waals surface area contributed by atoms with Gasteiger partial charge in [-0.05, 0) is 12.1 Å². The summed E-state index contributed by atoms with van der Waals surface area (Å²) in [6.45, 7) is 5.02. The van der Waals surface area contributed by atoms with E-state index >= 15 is 0 Å². The Kier molecular flexibility index (Phi) is 4.80. The summed E-state index contributed by atoms with van der Waals surface area (Å²) >= 11 is 0. The summed E-state index contributed by atoms with van der Waals surface area (Å²) in [5.41, 5.74) is 7.13. The minimum absolute atomic E-state index is 0.426. The molecular formula is C15H18N4. The van der Waals surface area contributed by atoms with Crippen molar-refractivity contribution in [2.45, 2.75) is 0 Å². The largest absolute Gasteiger partial charge is 0.368 e. The lowest BCUT2D eigenvalue weighted by molar-refractivity contribution is 0.288. The van der Waals surface area contributed by atoms with Gasteiger partial charge in [0.1, 0.15) is 6.07 Å². The number of hydrogen-bond donors (Lipinski definition) is 1. The molecule has 1 saturated heterocycles. The molecule has 2 N–H and O–H groups in total. The van der Waals surface area contributed by atoms with E-state index in [0.717, 1.165) is 44.0 Å². The second kappa shape index (κ2) is 6.80. The summed E-state index contributed by atoms with van der Waals surface area (Å²) in [4.78, 5) is 4.58. The van der Waals surface area contributed by atoms with E-state index in [1.807, 2.05) is 24.3 Å². The Morgan fingerprint density at radius 3 is 2.53 bits per heavy atom. The summed E-state index contributed by atoms with van der Waals surface area (Å²) in [7, 11) is 0. The molecule has 0 saturated carbocycles. The predicted molar refractivity (Wildman–Crippen MR) is 76.6 cm³/mol. The molecule has 4 heteroatoms. The van der Waals surface area contributed by atoms with Gasteiger partial charge in [-0.3, -0.25) is 4.90 Å². The highest BCUT2D eigenvalue weighted by molar-refractivity contribution is 5.59. The van der Waals surface area contributed by atoms with Gasteiger partial charge in [0.15, 0.2) is 0 Å². The quantitative estimate of drug-likeness (QED) is 0.787. The van der Waals surface area contributed by atoms with E-state index in [0.29, 0.717) is 6.54 Å². The van der Waals surface area contributed by atoms with Crippen molar-refractivity contribution in [1.29, 1.82) is 5.26 Å². The van der Waals surface area contributed by atoms with Crippen LogP contribution in [0.25, 0.3) is 0 Å². The molecule has 0 atom stereocenters. The van der Waals surface area contributed by atoms with Gasteiger partial charge < -0.3 is 10.6 Å². The summed E-state index contributed by atoms with van der Waals surface area (Å²) < 4.78 is 0. The minimum Gasteiger partial charge on any atom is -0.368 e. The SMILES string of the molecule is N#Cc1ccccc1N1CCN(CC#CCN)CC1. The van der Waals surface area contributed by atoms with Crippen LogP contribution in [0.2, 0.25) is 0 Å². The summed E-state index contributed by atoms with van der Waals surface area (Å²) in [5, 5.41) is 9.13. The second-order valence-electron chi connectivity index (χ2n) is 4.45. The lowest BCUT2D eigenvalue weighted by Crippen LogP contribution is -2.46. The maximum absolute atomic E-state index is 9.13. The number of nitrogens with two attached hydrogens (primary N) is 1.